The zero-order valence-electron chi connectivity index (χ0n) is 9.69. The Morgan fingerprint density at radius 2 is 1.74 bits per heavy atom. The molecule has 5 heteroatoms. The predicted molar refractivity (Wildman–Crippen MR) is 69.4 cm³/mol. The standard InChI is InChI=1S/C14H9F2NO2/c15-13(16)7-1-3-9-10-4-2-8(17)6-12(10)19-14(18)11(9)5-7/h1-6,13H,17H2. The molecule has 0 amide bonds. The molecule has 0 radical (unpaired) electrons. The van der Waals surface area contributed by atoms with Gasteiger partial charge in [0.05, 0.1) is 5.39 Å². The average Bonchev–Trinajstić information content (AvgIpc) is 2.38. The molecule has 2 N–H and O–H groups in total. The number of anilines is 1. The summed E-state index contributed by atoms with van der Waals surface area (Å²) in [5.41, 5.74) is 5.60. The van der Waals surface area contributed by atoms with Crippen LogP contribution < -0.4 is 11.4 Å². The molecule has 0 fully saturated rings. The number of halogens is 2. The molecule has 1 heterocycles. The number of fused-ring (bicyclic) bond motifs is 3. The maximum Gasteiger partial charge on any atom is 0.344 e. The van der Waals surface area contributed by atoms with Gasteiger partial charge in [0.2, 0.25) is 0 Å². The van der Waals surface area contributed by atoms with Gasteiger partial charge < -0.3 is 10.2 Å². The fraction of sp³-hybridized carbons (Fsp3) is 0.0714. The van der Waals surface area contributed by atoms with Gasteiger partial charge in [0, 0.05) is 22.7 Å². The summed E-state index contributed by atoms with van der Waals surface area (Å²) in [7, 11) is 0. The summed E-state index contributed by atoms with van der Waals surface area (Å²) in [6.45, 7) is 0. The lowest BCUT2D eigenvalue weighted by molar-refractivity contribution is 0.151. The molecule has 2 aromatic carbocycles. The van der Waals surface area contributed by atoms with Gasteiger partial charge in [-0.25, -0.2) is 13.6 Å². The minimum atomic E-state index is -2.62. The molecule has 0 bridgehead atoms. The highest BCUT2D eigenvalue weighted by Crippen LogP contribution is 2.27. The highest BCUT2D eigenvalue weighted by Gasteiger charge is 2.12. The molecule has 3 nitrogen and oxygen atoms in total. The van der Waals surface area contributed by atoms with Crippen molar-refractivity contribution in [1.82, 2.24) is 0 Å². The maximum absolute atomic E-state index is 12.6. The van der Waals surface area contributed by atoms with Gasteiger partial charge in [0.15, 0.2) is 0 Å². The molecule has 1 aromatic heterocycles. The van der Waals surface area contributed by atoms with Gasteiger partial charge in [-0.1, -0.05) is 12.1 Å². The van der Waals surface area contributed by atoms with Crippen molar-refractivity contribution in [2.45, 2.75) is 6.43 Å². The predicted octanol–water partition coefficient (Wildman–Crippen LogP) is 3.47. The van der Waals surface area contributed by atoms with E-state index in [0.29, 0.717) is 22.0 Å². The van der Waals surface area contributed by atoms with E-state index in [4.69, 9.17) is 10.2 Å². The first-order chi connectivity index (χ1) is 9.06. The first-order valence-electron chi connectivity index (χ1n) is 5.60. The van der Waals surface area contributed by atoms with Crippen LogP contribution in [0, 0.1) is 0 Å². The maximum atomic E-state index is 12.6. The quantitative estimate of drug-likeness (QED) is 0.414. The van der Waals surface area contributed by atoms with E-state index in [1.165, 1.54) is 24.3 Å². The summed E-state index contributed by atoms with van der Waals surface area (Å²) in [6, 6.07) is 8.90. The van der Waals surface area contributed by atoms with Crippen LogP contribution in [-0.4, -0.2) is 0 Å². The lowest BCUT2D eigenvalue weighted by Gasteiger charge is -2.05. The van der Waals surface area contributed by atoms with Crippen LogP contribution in [0.2, 0.25) is 0 Å². The van der Waals surface area contributed by atoms with E-state index >= 15 is 0 Å². The van der Waals surface area contributed by atoms with Crippen molar-refractivity contribution >= 4 is 27.4 Å². The number of hydrogen-bond donors (Lipinski definition) is 1. The second-order valence-electron chi connectivity index (χ2n) is 4.25. The molecule has 0 saturated heterocycles. The first kappa shape index (κ1) is 11.6. The Labute approximate surface area is 106 Å². The summed E-state index contributed by atoms with van der Waals surface area (Å²) in [5.74, 6) is 0. The van der Waals surface area contributed by atoms with Crippen LogP contribution in [-0.2, 0) is 0 Å². The Balaban J connectivity index is 2.46. The molecular formula is C14H9F2NO2. The molecule has 0 unspecified atom stereocenters. The Hall–Kier alpha value is -2.43. The van der Waals surface area contributed by atoms with Crippen LogP contribution in [0.25, 0.3) is 21.7 Å². The smallest absolute Gasteiger partial charge is 0.344 e. The zero-order chi connectivity index (χ0) is 13.6. The zero-order valence-corrected chi connectivity index (χ0v) is 9.69. The number of nitrogen functional groups attached to an aromatic ring is 1. The Morgan fingerprint density at radius 1 is 1.00 bits per heavy atom. The van der Waals surface area contributed by atoms with Crippen LogP contribution in [0.3, 0.4) is 0 Å². The molecule has 0 atom stereocenters. The van der Waals surface area contributed by atoms with Gasteiger partial charge in [0.25, 0.3) is 6.43 Å². The molecule has 96 valence electrons. The molecule has 3 aromatic rings. The molecule has 0 saturated carbocycles. The molecule has 0 aliphatic carbocycles. The molecule has 0 aliphatic heterocycles. The number of alkyl halides is 2. The average molecular weight is 261 g/mol. The van der Waals surface area contributed by atoms with Crippen LogP contribution in [0.1, 0.15) is 12.0 Å². The van der Waals surface area contributed by atoms with Gasteiger partial charge >= 0.3 is 5.63 Å². The molecule has 19 heavy (non-hydrogen) atoms. The van der Waals surface area contributed by atoms with Gasteiger partial charge in [-0.15, -0.1) is 0 Å². The number of hydrogen-bond acceptors (Lipinski definition) is 3. The van der Waals surface area contributed by atoms with E-state index in [0.717, 1.165) is 0 Å². The first-order valence-corrected chi connectivity index (χ1v) is 5.60. The molecular weight excluding hydrogens is 252 g/mol. The second-order valence-corrected chi connectivity index (χ2v) is 4.25. The van der Waals surface area contributed by atoms with Crippen molar-refractivity contribution in [2.24, 2.45) is 0 Å². The van der Waals surface area contributed by atoms with Gasteiger partial charge in [0.1, 0.15) is 5.58 Å². The third-order valence-electron chi connectivity index (χ3n) is 3.01. The lowest BCUT2D eigenvalue weighted by Crippen LogP contribution is -2.01. The molecule has 3 rings (SSSR count). The van der Waals surface area contributed by atoms with Crippen molar-refractivity contribution in [3.63, 3.8) is 0 Å². The van der Waals surface area contributed by atoms with Crippen molar-refractivity contribution < 1.29 is 13.2 Å². The summed E-state index contributed by atoms with van der Waals surface area (Å²) >= 11 is 0. The van der Waals surface area contributed by atoms with Gasteiger partial charge in [-0.2, -0.15) is 0 Å². The van der Waals surface area contributed by atoms with Crippen LogP contribution >= 0.6 is 0 Å². The van der Waals surface area contributed by atoms with Crippen LogP contribution in [0.15, 0.2) is 45.6 Å². The van der Waals surface area contributed by atoms with E-state index in [9.17, 15) is 13.6 Å². The van der Waals surface area contributed by atoms with E-state index in [1.807, 2.05) is 0 Å². The summed E-state index contributed by atoms with van der Waals surface area (Å²) in [4.78, 5) is 11.8. The van der Waals surface area contributed by atoms with Crippen LogP contribution in [0.5, 0.6) is 0 Å². The van der Waals surface area contributed by atoms with Gasteiger partial charge in [-0.3, -0.25) is 0 Å². The highest BCUT2D eigenvalue weighted by atomic mass is 19.3. The Bertz CT molecular complexity index is 840. The third kappa shape index (κ3) is 1.83. The fourth-order valence-corrected chi connectivity index (χ4v) is 2.10. The van der Waals surface area contributed by atoms with Crippen LogP contribution in [0.4, 0.5) is 14.5 Å². The fourth-order valence-electron chi connectivity index (χ4n) is 2.10. The van der Waals surface area contributed by atoms with E-state index < -0.39 is 12.1 Å². The van der Waals surface area contributed by atoms with Crippen molar-refractivity contribution in [2.75, 3.05) is 5.73 Å². The minimum absolute atomic E-state index is 0.148. The number of rotatable bonds is 1. The monoisotopic (exact) mass is 261 g/mol. The topological polar surface area (TPSA) is 56.2 Å². The molecule has 0 aliphatic rings. The van der Waals surface area contributed by atoms with Crippen molar-refractivity contribution in [1.29, 1.82) is 0 Å². The highest BCUT2D eigenvalue weighted by molar-refractivity contribution is 6.05. The third-order valence-corrected chi connectivity index (χ3v) is 3.01. The van der Waals surface area contributed by atoms with E-state index in [2.05, 4.69) is 0 Å². The second kappa shape index (κ2) is 4.05. The van der Waals surface area contributed by atoms with E-state index in [1.54, 1.807) is 12.1 Å². The Kier molecular flexibility index (Phi) is 2.48. The van der Waals surface area contributed by atoms with Gasteiger partial charge in [-0.05, 0) is 23.6 Å². The SMILES string of the molecule is Nc1ccc2c(c1)oc(=O)c1cc(C(F)F)ccc12. The summed E-state index contributed by atoms with van der Waals surface area (Å²) < 4.78 is 30.4. The molecule has 0 spiro atoms. The Morgan fingerprint density at radius 3 is 2.47 bits per heavy atom. The lowest BCUT2D eigenvalue weighted by atomic mass is 10.0. The summed E-state index contributed by atoms with van der Waals surface area (Å²) in [5, 5.41) is 1.40. The van der Waals surface area contributed by atoms with E-state index in [-0.39, 0.29) is 10.9 Å². The summed E-state index contributed by atoms with van der Waals surface area (Å²) in [6.07, 6.45) is -2.62. The minimum Gasteiger partial charge on any atom is -0.422 e. The van der Waals surface area contributed by atoms with Crippen molar-refractivity contribution in [3.8, 4) is 0 Å². The number of nitrogens with two attached hydrogens (primary N) is 1. The largest absolute Gasteiger partial charge is 0.422 e. The normalized spacial score (nSPS) is 11.5. The van der Waals surface area contributed by atoms with Crippen molar-refractivity contribution in [3.05, 3.63) is 52.4 Å². The number of benzene rings is 2.